The molecule has 0 saturated carbocycles. The smallest absolute Gasteiger partial charge is 0.0873 e. The van der Waals surface area contributed by atoms with Crippen molar-refractivity contribution in [1.82, 2.24) is 9.78 Å². The first kappa shape index (κ1) is 12.8. The van der Waals surface area contributed by atoms with Gasteiger partial charge in [0.05, 0.1) is 17.5 Å². The average molecular weight is 244 g/mol. The van der Waals surface area contributed by atoms with E-state index in [0.717, 1.165) is 23.4 Å². The third-order valence-corrected chi connectivity index (χ3v) is 3.27. The molecule has 1 aromatic heterocycles. The molecule has 3 heteroatoms. The highest BCUT2D eigenvalue weighted by Gasteiger charge is 2.22. The summed E-state index contributed by atoms with van der Waals surface area (Å²) in [6, 6.07) is 8.23. The minimum Gasteiger partial charge on any atom is -0.386 e. The van der Waals surface area contributed by atoms with E-state index in [0.29, 0.717) is 0 Å². The fourth-order valence-electron chi connectivity index (χ4n) is 2.27. The summed E-state index contributed by atoms with van der Waals surface area (Å²) in [5.74, 6) is 0. The molecule has 0 radical (unpaired) electrons. The van der Waals surface area contributed by atoms with E-state index in [1.54, 1.807) is 20.0 Å². The summed E-state index contributed by atoms with van der Waals surface area (Å²) in [4.78, 5) is 0. The maximum Gasteiger partial charge on any atom is 0.0873 e. The predicted molar refractivity (Wildman–Crippen MR) is 72.9 cm³/mol. The van der Waals surface area contributed by atoms with Gasteiger partial charge < -0.3 is 5.11 Å². The van der Waals surface area contributed by atoms with E-state index in [4.69, 9.17) is 0 Å². The van der Waals surface area contributed by atoms with E-state index in [1.165, 1.54) is 5.56 Å². The van der Waals surface area contributed by atoms with E-state index >= 15 is 0 Å². The number of aryl methyl sites for hydroxylation is 1. The SMILES string of the molecule is CCc1ccccc1-n1ncc(C(C)(C)O)c1C. The van der Waals surface area contributed by atoms with Gasteiger partial charge in [0.15, 0.2) is 0 Å². The number of hydrogen-bond acceptors (Lipinski definition) is 2. The number of rotatable bonds is 3. The molecule has 0 spiro atoms. The van der Waals surface area contributed by atoms with Crippen LogP contribution in [0.4, 0.5) is 0 Å². The van der Waals surface area contributed by atoms with Crippen LogP contribution >= 0.6 is 0 Å². The minimum absolute atomic E-state index is 0.858. The Morgan fingerprint density at radius 2 is 1.94 bits per heavy atom. The third-order valence-electron chi connectivity index (χ3n) is 3.27. The average Bonchev–Trinajstić information content (AvgIpc) is 2.70. The fourth-order valence-corrected chi connectivity index (χ4v) is 2.27. The van der Waals surface area contributed by atoms with Crippen LogP contribution in [0, 0.1) is 6.92 Å². The Morgan fingerprint density at radius 3 is 2.50 bits per heavy atom. The van der Waals surface area contributed by atoms with Gasteiger partial charge in [0.1, 0.15) is 0 Å². The summed E-state index contributed by atoms with van der Waals surface area (Å²) >= 11 is 0. The lowest BCUT2D eigenvalue weighted by Gasteiger charge is -2.17. The molecule has 0 unspecified atom stereocenters. The van der Waals surface area contributed by atoms with Gasteiger partial charge in [-0.15, -0.1) is 0 Å². The van der Waals surface area contributed by atoms with E-state index in [-0.39, 0.29) is 0 Å². The quantitative estimate of drug-likeness (QED) is 0.901. The zero-order chi connectivity index (χ0) is 13.3. The molecule has 18 heavy (non-hydrogen) atoms. The second kappa shape index (κ2) is 4.58. The van der Waals surface area contributed by atoms with Crippen molar-refractivity contribution in [2.45, 2.75) is 39.7 Å². The first-order chi connectivity index (χ1) is 8.45. The van der Waals surface area contributed by atoms with Crippen LogP contribution in [0.1, 0.15) is 37.6 Å². The molecule has 0 aliphatic heterocycles. The Kier molecular flexibility index (Phi) is 3.26. The van der Waals surface area contributed by atoms with Gasteiger partial charge in [0.25, 0.3) is 0 Å². The van der Waals surface area contributed by atoms with Gasteiger partial charge in [0.2, 0.25) is 0 Å². The molecule has 0 amide bonds. The number of aliphatic hydroxyl groups is 1. The van der Waals surface area contributed by atoms with Crippen LogP contribution in [0.3, 0.4) is 0 Å². The fraction of sp³-hybridized carbons (Fsp3) is 0.400. The first-order valence-electron chi connectivity index (χ1n) is 6.31. The van der Waals surface area contributed by atoms with Gasteiger partial charge in [-0.2, -0.15) is 5.10 Å². The Morgan fingerprint density at radius 1 is 1.28 bits per heavy atom. The number of para-hydroxylation sites is 1. The second-order valence-corrected chi connectivity index (χ2v) is 5.10. The molecule has 0 aliphatic rings. The summed E-state index contributed by atoms with van der Waals surface area (Å²) in [6.45, 7) is 7.70. The predicted octanol–water partition coefficient (Wildman–Crippen LogP) is 2.97. The van der Waals surface area contributed by atoms with Crippen molar-refractivity contribution in [3.05, 3.63) is 47.3 Å². The van der Waals surface area contributed by atoms with Gasteiger partial charge in [0, 0.05) is 11.3 Å². The largest absolute Gasteiger partial charge is 0.386 e. The zero-order valence-electron chi connectivity index (χ0n) is 11.4. The molecule has 1 N–H and O–H groups in total. The van der Waals surface area contributed by atoms with Crippen molar-refractivity contribution >= 4 is 0 Å². The van der Waals surface area contributed by atoms with Gasteiger partial charge >= 0.3 is 0 Å². The molecule has 1 heterocycles. The van der Waals surface area contributed by atoms with Gasteiger partial charge in [-0.3, -0.25) is 0 Å². The van der Waals surface area contributed by atoms with Crippen molar-refractivity contribution in [1.29, 1.82) is 0 Å². The Balaban J connectivity index is 2.56. The molecule has 1 aromatic carbocycles. The molecule has 0 fully saturated rings. The number of aromatic nitrogens is 2. The van der Waals surface area contributed by atoms with Crippen molar-refractivity contribution in [3.63, 3.8) is 0 Å². The highest BCUT2D eigenvalue weighted by molar-refractivity contribution is 5.43. The standard InChI is InChI=1S/C15H20N2O/c1-5-12-8-6-7-9-14(12)17-11(2)13(10-16-17)15(3,4)18/h6-10,18H,5H2,1-4H3. The Bertz CT molecular complexity index is 550. The molecular weight excluding hydrogens is 224 g/mol. The minimum atomic E-state index is -0.858. The summed E-state index contributed by atoms with van der Waals surface area (Å²) in [7, 11) is 0. The molecule has 0 saturated heterocycles. The summed E-state index contributed by atoms with van der Waals surface area (Å²) in [6.07, 6.45) is 2.72. The molecule has 2 rings (SSSR count). The lowest BCUT2D eigenvalue weighted by Crippen LogP contribution is -2.16. The summed E-state index contributed by atoms with van der Waals surface area (Å²) in [5, 5.41) is 14.5. The normalized spacial score (nSPS) is 11.8. The van der Waals surface area contributed by atoms with Crippen molar-refractivity contribution in [2.75, 3.05) is 0 Å². The highest BCUT2D eigenvalue weighted by Crippen LogP contribution is 2.25. The lowest BCUT2D eigenvalue weighted by molar-refractivity contribution is 0.0779. The van der Waals surface area contributed by atoms with Gasteiger partial charge in [-0.1, -0.05) is 25.1 Å². The Hall–Kier alpha value is -1.61. The molecule has 0 aliphatic carbocycles. The van der Waals surface area contributed by atoms with Crippen LogP contribution in [-0.2, 0) is 12.0 Å². The van der Waals surface area contributed by atoms with E-state index in [1.807, 2.05) is 23.7 Å². The highest BCUT2D eigenvalue weighted by atomic mass is 16.3. The maximum absolute atomic E-state index is 10.1. The van der Waals surface area contributed by atoms with Crippen LogP contribution in [0.15, 0.2) is 30.5 Å². The van der Waals surface area contributed by atoms with Crippen LogP contribution in [0.5, 0.6) is 0 Å². The second-order valence-electron chi connectivity index (χ2n) is 5.10. The summed E-state index contributed by atoms with van der Waals surface area (Å²) in [5.41, 5.74) is 3.35. The van der Waals surface area contributed by atoms with Crippen molar-refractivity contribution in [3.8, 4) is 5.69 Å². The van der Waals surface area contributed by atoms with Crippen LogP contribution in [0.25, 0.3) is 5.69 Å². The van der Waals surface area contributed by atoms with E-state index < -0.39 is 5.60 Å². The topological polar surface area (TPSA) is 38.0 Å². The Labute approximate surface area is 108 Å². The van der Waals surface area contributed by atoms with E-state index in [2.05, 4.69) is 24.2 Å². The molecule has 96 valence electrons. The zero-order valence-corrected chi connectivity index (χ0v) is 11.4. The monoisotopic (exact) mass is 244 g/mol. The van der Waals surface area contributed by atoms with Gasteiger partial charge in [-0.25, -0.2) is 4.68 Å². The molecular formula is C15H20N2O. The third kappa shape index (κ3) is 2.18. The van der Waals surface area contributed by atoms with Crippen LogP contribution in [-0.4, -0.2) is 14.9 Å². The first-order valence-corrected chi connectivity index (χ1v) is 6.31. The lowest BCUT2D eigenvalue weighted by atomic mass is 9.99. The molecule has 3 nitrogen and oxygen atoms in total. The molecule has 2 aromatic rings. The number of nitrogens with zero attached hydrogens (tertiary/aromatic N) is 2. The molecule has 0 atom stereocenters. The van der Waals surface area contributed by atoms with Crippen molar-refractivity contribution in [2.24, 2.45) is 0 Å². The summed E-state index contributed by atoms with van der Waals surface area (Å²) < 4.78 is 1.91. The maximum atomic E-state index is 10.1. The number of hydrogen-bond donors (Lipinski definition) is 1. The van der Waals surface area contributed by atoms with Crippen molar-refractivity contribution < 1.29 is 5.11 Å². The molecule has 0 bridgehead atoms. The van der Waals surface area contributed by atoms with Crippen LogP contribution < -0.4 is 0 Å². The van der Waals surface area contributed by atoms with Crippen LogP contribution in [0.2, 0.25) is 0 Å². The van der Waals surface area contributed by atoms with E-state index in [9.17, 15) is 5.11 Å². The van der Waals surface area contributed by atoms with Gasteiger partial charge in [-0.05, 0) is 38.8 Å². The number of benzene rings is 1.